The number of benzene rings is 1. The molecule has 1 unspecified atom stereocenters. The molecule has 0 saturated heterocycles. The van der Waals surface area contributed by atoms with Crippen molar-refractivity contribution in [3.8, 4) is 0 Å². The number of rotatable bonds is 2. The Morgan fingerprint density at radius 1 is 1.05 bits per heavy atom. The lowest BCUT2D eigenvalue weighted by Crippen LogP contribution is -2.08. The molecule has 2 heterocycles. The zero-order valence-electron chi connectivity index (χ0n) is 11.6. The van der Waals surface area contributed by atoms with Gasteiger partial charge >= 0.3 is 0 Å². The second-order valence-electron chi connectivity index (χ2n) is 5.93. The summed E-state index contributed by atoms with van der Waals surface area (Å²) in [5, 5.41) is 11.1. The SMILES string of the molecule is c1ccc2c(c1)NCC2c1nc(C2CCCCC2)n[nH]1. The largest absolute Gasteiger partial charge is 0.384 e. The molecule has 0 bridgehead atoms. The van der Waals surface area contributed by atoms with Crippen molar-refractivity contribution >= 4 is 5.69 Å². The first kappa shape index (κ1) is 11.9. The third kappa shape index (κ3) is 1.99. The van der Waals surface area contributed by atoms with Crippen LogP contribution in [0.1, 0.15) is 61.2 Å². The van der Waals surface area contributed by atoms with E-state index in [1.807, 2.05) is 0 Å². The number of hydrogen-bond acceptors (Lipinski definition) is 3. The minimum Gasteiger partial charge on any atom is -0.384 e. The highest BCUT2D eigenvalue weighted by atomic mass is 15.2. The highest BCUT2D eigenvalue weighted by Gasteiger charge is 2.27. The summed E-state index contributed by atoms with van der Waals surface area (Å²) in [4.78, 5) is 4.81. The molecule has 1 atom stereocenters. The summed E-state index contributed by atoms with van der Waals surface area (Å²) in [5.74, 6) is 2.93. The number of aromatic nitrogens is 3. The van der Waals surface area contributed by atoms with E-state index >= 15 is 0 Å². The van der Waals surface area contributed by atoms with Crippen LogP contribution in [0, 0.1) is 0 Å². The van der Waals surface area contributed by atoms with Crippen LogP contribution in [0.15, 0.2) is 24.3 Å². The maximum absolute atomic E-state index is 4.81. The smallest absolute Gasteiger partial charge is 0.153 e. The van der Waals surface area contributed by atoms with E-state index in [1.165, 1.54) is 43.4 Å². The lowest BCUT2D eigenvalue weighted by molar-refractivity contribution is 0.429. The lowest BCUT2D eigenvalue weighted by atomic mass is 9.89. The fourth-order valence-electron chi connectivity index (χ4n) is 3.51. The highest BCUT2D eigenvalue weighted by molar-refractivity contribution is 5.59. The Balaban J connectivity index is 1.59. The molecule has 1 aliphatic heterocycles. The van der Waals surface area contributed by atoms with Crippen LogP contribution in [0.5, 0.6) is 0 Å². The van der Waals surface area contributed by atoms with Crippen molar-refractivity contribution in [2.75, 3.05) is 11.9 Å². The first-order chi connectivity index (χ1) is 9.92. The minimum atomic E-state index is 0.316. The molecule has 20 heavy (non-hydrogen) atoms. The molecule has 1 fully saturated rings. The van der Waals surface area contributed by atoms with Gasteiger partial charge in [-0.15, -0.1) is 0 Å². The fraction of sp³-hybridized carbons (Fsp3) is 0.500. The van der Waals surface area contributed by atoms with Crippen molar-refractivity contribution < 1.29 is 0 Å². The summed E-state index contributed by atoms with van der Waals surface area (Å²) < 4.78 is 0. The number of hydrogen-bond donors (Lipinski definition) is 2. The highest BCUT2D eigenvalue weighted by Crippen LogP contribution is 2.36. The van der Waals surface area contributed by atoms with Crippen LogP contribution >= 0.6 is 0 Å². The Morgan fingerprint density at radius 2 is 1.90 bits per heavy atom. The number of nitrogens with zero attached hydrogens (tertiary/aromatic N) is 2. The third-order valence-electron chi connectivity index (χ3n) is 4.65. The zero-order valence-corrected chi connectivity index (χ0v) is 11.6. The molecule has 1 aliphatic carbocycles. The summed E-state index contributed by atoms with van der Waals surface area (Å²) >= 11 is 0. The summed E-state index contributed by atoms with van der Waals surface area (Å²) in [7, 11) is 0. The Kier molecular flexibility index (Phi) is 2.94. The molecular weight excluding hydrogens is 248 g/mol. The number of aromatic amines is 1. The van der Waals surface area contributed by atoms with E-state index in [-0.39, 0.29) is 0 Å². The van der Waals surface area contributed by atoms with Crippen molar-refractivity contribution in [2.45, 2.75) is 43.9 Å². The quantitative estimate of drug-likeness (QED) is 0.877. The second kappa shape index (κ2) is 4.93. The Labute approximate surface area is 119 Å². The molecule has 0 amide bonds. The molecular formula is C16H20N4. The van der Waals surface area contributed by atoms with Crippen LogP contribution in [0.2, 0.25) is 0 Å². The standard InChI is InChI=1S/C16H20N4/c1-2-6-11(7-3-1)15-18-16(20-19-15)13-10-17-14-9-5-4-8-12(13)14/h4-5,8-9,11,13,17H,1-3,6-7,10H2,(H,18,19,20). The van der Waals surface area contributed by atoms with Crippen molar-refractivity contribution in [2.24, 2.45) is 0 Å². The fourth-order valence-corrected chi connectivity index (χ4v) is 3.51. The number of H-pyrrole nitrogens is 1. The predicted octanol–water partition coefficient (Wildman–Crippen LogP) is 3.41. The van der Waals surface area contributed by atoms with Crippen molar-refractivity contribution in [3.05, 3.63) is 41.5 Å². The molecule has 104 valence electrons. The van der Waals surface area contributed by atoms with Gasteiger partial charge < -0.3 is 5.32 Å². The number of fused-ring (bicyclic) bond motifs is 1. The average molecular weight is 268 g/mol. The van der Waals surface area contributed by atoms with Crippen molar-refractivity contribution in [3.63, 3.8) is 0 Å². The van der Waals surface area contributed by atoms with Crippen LogP contribution in [0.3, 0.4) is 0 Å². The van der Waals surface area contributed by atoms with Crippen LogP contribution < -0.4 is 5.32 Å². The normalized spacial score (nSPS) is 22.5. The monoisotopic (exact) mass is 268 g/mol. The zero-order chi connectivity index (χ0) is 13.4. The van der Waals surface area contributed by atoms with Crippen LogP contribution in [-0.4, -0.2) is 21.7 Å². The van der Waals surface area contributed by atoms with Gasteiger partial charge in [-0.05, 0) is 24.5 Å². The van der Waals surface area contributed by atoms with Gasteiger partial charge in [0.15, 0.2) is 5.82 Å². The van der Waals surface area contributed by atoms with E-state index in [0.29, 0.717) is 11.8 Å². The summed E-state index contributed by atoms with van der Waals surface area (Å²) in [6, 6.07) is 8.48. The van der Waals surface area contributed by atoms with Gasteiger partial charge in [0.05, 0.1) is 5.92 Å². The molecule has 2 aromatic rings. The average Bonchev–Trinajstić information content (AvgIpc) is 3.14. The third-order valence-corrected chi connectivity index (χ3v) is 4.65. The van der Waals surface area contributed by atoms with Crippen molar-refractivity contribution in [1.29, 1.82) is 0 Å². The van der Waals surface area contributed by atoms with Gasteiger partial charge in [0.1, 0.15) is 5.82 Å². The summed E-state index contributed by atoms with van der Waals surface area (Å²) in [6.07, 6.45) is 6.51. The van der Waals surface area contributed by atoms with Gasteiger partial charge in [-0.1, -0.05) is 37.5 Å². The van der Waals surface area contributed by atoms with E-state index < -0.39 is 0 Å². The molecule has 1 aromatic carbocycles. The molecule has 0 radical (unpaired) electrons. The predicted molar refractivity (Wildman–Crippen MR) is 79.0 cm³/mol. The Bertz CT molecular complexity index is 598. The molecule has 2 aliphatic rings. The van der Waals surface area contributed by atoms with Gasteiger partial charge in [-0.2, -0.15) is 5.10 Å². The summed E-state index contributed by atoms with van der Waals surface area (Å²) in [5.41, 5.74) is 2.56. The van der Waals surface area contributed by atoms with E-state index in [0.717, 1.165) is 18.2 Å². The van der Waals surface area contributed by atoms with Gasteiger partial charge in [-0.25, -0.2) is 4.98 Å². The lowest BCUT2D eigenvalue weighted by Gasteiger charge is -2.18. The first-order valence-corrected chi connectivity index (χ1v) is 7.67. The Hall–Kier alpha value is -1.84. The molecule has 4 rings (SSSR count). The molecule has 2 N–H and O–H groups in total. The van der Waals surface area contributed by atoms with E-state index in [9.17, 15) is 0 Å². The second-order valence-corrected chi connectivity index (χ2v) is 5.93. The number of anilines is 1. The molecule has 0 spiro atoms. The van der Waals surface area contributed by atoms with Crippen LogP contribution in [0.25, 0.3) is 0 Å². The first-order valence-electron chi connectivity index (χ1n) is 7.67. The van der Waals surface area contributed by atoms with E-state index in [2.05, 4.69) is 39.8 Å². The van der Waals surface area contributed by atoms with E-state index in [1.54, 1.807) is 0 Å². The maximum Gasteiger partial charge on any atom is 0.153 e. The van der Waals surface area contributed by atoms with Crippen LogP contribution in [-0.2, 0) is 0 Å². The minimum absolute atomic E-state index is 0.316. The van der Waals surface area contributed by atoms with Gasteiger partial charge in [0.25, 0.3) is 0 Å². The topological polar surface area (TPSA) is 53.6 Å². The Morgan fingerprint density at radius 3 is 2.80 bits per heavy atom. The summed E-state index contributed by atoms with van der Waals surface area (Å²) in [6.45, 7) is 0.915. The van der Waals surface area contributed by atoms with Gasteiger partial charge in [-0.3, -0.25) is 5.10 Å². The van der Waals surface area contributed by atoms with Crippen molar-refractivity contribution in [1.82, 2.24) is 15.2 Å². The number of para-hydroxylation sites is 1. The maximum atomic E-state index is 4.81. The molecule has 1 aromatic heterocycles. The molecule has 4 nitrogen and oxygen atoms in total. The van der Waals surface area contributed by atoms with E-state index in [4.69, 9.17) is 4.98 Å². The molecule has 1 saturated carbocycles. The van der Waals surface area contributed by atoms with Gasteiger partial charge in [0, 0.05) is 18.2 Å². The number of nitrogens with one attached hydrogen (secondary N) is 2. The molecule has 4 heteroatoms. The van der Waals surface area contributed by atoms with Crippen LogP contribution in [0.4, 0.5) is 5.69 Å². The van der Waals surface area contributed by atoms with Gasteiger partial charge in [0.2, 0.25) is 0 Å².